The van der Waals surface area contributed by atoms with E-state index in [1.54, 1.807) is 28.3 Å². The van der Waals surface area contributed by atoms with Gasteiger partial charge in [-0.25, -0.2) is 0 Å². The summed E-state index contributed by atoms with van der Waals surface area (Å²) in [5.41, 5.74) is 0.976. The number of carboxylic acid groups (broad SMARTS) is 1. The van der Waals surface area contributed by atoms with Gasteiger partial charge in [-0.05, 0) is 37.6 Å². The van der Waals surface area contributed by atoms with Gasteiger partial charge >= 0.3 is 5.97 Å². The maximum Gasteiger partial charge on any atom is 0.320 e. The molecule has 1 aromatic rings. The van der Waals surface area contributed by atoms with Gasteiger partial charge in [-0.1, -0.05) is 0 Å². The fourth-order valence-corrected chi connectivity index (χ4v) is 1.80. The molecule has 20 heavy (non-hydrogen) atoms. The molecule has 112 valence electrons. The van der Waals surface area contributed by atoms with Gasteiger partial charge in [0.2, 0.25) is 5.75 Å². The first kappa shape index (κ1) is 16.1. The number of aliphatic carboxylic acids is 1. The molecule has 2 N–H and O–H groups in total. The molecule has 1 rings (SSSR count). The van der Waals surface area contributed by atoms with Crippen LogP contribution in [0.1, 0.15) is 12.5 Å². The SMILES string of the molecule is COc1cc(CCN[C@@H](C)C(=O)O)cc(OC)c1OC. The number of rotatable bonds is 8. The van der Waals surface area contributed by atoms with Gasteiger partial charge < -0.3 is 24.6 Å². The first-order valence-electron chi connectivity index (χ1n) is 6.28. The van der Waals surface area contributed by atoms with E-state index in [9.17, 15) is 4.79 Å². The third-order valence-corrected chi connectivity index (χ3v) is 2.96. The summed E-state index contributed by atoms with van der Waals surface area (Å²) in [5, 5.41) is 11.7. The first-order valence-corrected chi connectivity index (χ1v) is 6.28. The molecule has 0 aliphatic heterocycles. The van der Waals surface area contributed by atoms with Crippen LogP contribution >= 0.6 is 0 Å². The Morgan fingerprint density at radius 2 is 1.75 bits per heavy atom. The van der Waals surface area contributed by atoms with E-state index in [-0.39, 0.29) is 0 Å². The Balaban J connectivity index is 2.78. The summed E-state index contributed by atoms with van der Waals surface area (Å²) in [4.78, 5) is 10.7. The molecule has 0 unspecified atom stereocenters. The average Bonchev–Trinajstić information content (AvgIpc) is 2.45. The van der Waals surface area contributed by atoms with Crippen LogP contribution in [0.2, 0.25) is 0 Å². The van der Waals surface area contributed by atoms with Crippen LogP contribution in [-0.4, -0.2) is 45.0 Å². The lowest BCUT2D eigenvalue weighted by molar-refractivity contribution is -0.138. The van der Waals surface area contributed by atoms with Gasteiger partial charge in [0, 0.05) is 0 Å². The zero-order chi connectivity index (χ0) is 15.1. The van der Waals surface area contributed by atoms with Crippen LogP contribution in [0.3, 0.4) is 0 Å². The number of carbonyl (C=O) groups is 1. The molecule has 0 fully saturated rings. The van der Waals surface area contributed by atoms with Gasteiger partial charge in [-0.2, -0.15) is 0 Å². The van der Waals surface area contributed by atoms with Crippen LogP contribution in [-0.2, 0) is 11.2 Å². The first-order chi connectivity index (χ1) is 9.53. The van der Waals surface area contributed by atoms with Gasteiger partial charge in [0.05, 0.1) is 21.3 Å². The molecule has 0 radical (unpaired) electrons. The second-order valence-electron chi connectivity index (χ2n) is 4.30. The normalized spacial score (nSPS) is 11.8. The van der Waals surface area contributed by atoms with Gasteiger partial charge in [-0.3, -0.25) is 4.79 Å². The molecule has 0 spiro atoms. The average molecular weight is 283 g/mol. The number of methoxy groups -OCH3 is 3. The van der Waals surface area contributed by atoms with Gasteiger partial charge in [0.15, 0.2) is 11.5 Å². The summed E-state index contributed by atoms with van der Waals surface area (Å²) in [6.07, 6.45) is 0.661. The Labute approximate surface area is 118 Å². The minimum atomic E-state index is -0.866. The summed E-state index contributed by atoms with van der Waals surface area (Å²) in [6, 6.07) is 3.14. The number of benzene rings is 1. The van der Waals surface area contributed by atoms with Crippen LogP contribution in [0.4, 0.5) is 0 Å². The second kappa shape index (κ2) is 7.59. The summed E-state index contributed by atoms with van der Waals surface area (Å²) in [6.45, 7) is 2.16. The maximum atomic E-state index is 10.7. The van der Waals surface area contributed by atoms with E-state index < -0.39 is 12.0 Å². The number of nitrogens with one attached hydrogen (secondary N) is 1. The number of ether oxygens (including phenoxy) is 3. The molecule has 1 atom stereocenters. The maximum absolute atomic E-state index is 10.7. The van der Waals surface area contributed by atoms with Crippen LogP contribution in [0.25, 0.3) is 0 Å². The molecular formula is C14H21NO5. The van der Waals surface area contributed by atoms with Crippen LogP contribution in [0, 0.1) is 0 Å². The van der Waals surface area contributed by atoms with Gasteiger partial charge in [0.1, 0.15) is 6.04 Å². The molecule has 6 nitrogen and oxygen atoms in total. The molecule has 0 aliphatic carbocycles. The molecule has 0 saturated carbocycles. The molecule has 1 aromatic carbocycles. The standard InChI is InChI=1S/C14H21NO5/c1-9(14(16)17)15-6-5-10-7-11(18-2)13(20-4)12(8-10)19-3/h7-9,15H,5-6H2,1-4H3,(H,16,17)/t9-/m0/s1. The summed E-state index contributed by atoms with van der Waals surface area (Å²) >= 11 is 0. The minimum absolute atomic E-state index is 0.547. The van der Waals surface area contributed by atoms with E-state index >= 15 is 0 Å². The zero-order valence-electron chi connectivity index (χ0n) is 12.2. The molecule has 0 saturated heterocycles. The van der Waals surface area contributed by atoms with Crippen molar-refractivity contribution in [3.63, 3.8) is 0 Å². The van der Waals surface area contributed by atoms with Crippen molar-refractivity contribution in [2.24, 2.45) is 0 Å². The summed E-state index contributed by atoms with van der Waals surface area (Å²) in [5.74, 6) is 0.863. The Bertz CT molecular complexity index is 436. The predicted octanol–water partition coefficient (Wildman–Crippen LogP) is 1.32. The topological polar surface area (TPSA) is 77.0 Å². The van der Waals surface area contributed by atoms with Crippen molar-refractivity contribution in [3.8, 4) is 17.2 Å². The summed E-state index contributed by atoms with van der Waals surface area (Å²) < 4.78 is 15.8. The van der Waals surface area contributed by atoms with E-state index in [0.717, 1.165) is 5.56 Å². The minimum Gasteiger partial charge on any atom is -0.493 e. The largest absolute Gasteiger partial charge is 0.493 e. The summed E-state index contributed by atoms with van der Waals surface area (Å²) in [7, 11) is 4.67. The van der Waals surface area contributed by atoms with Crippen molar-refractivity contribution in [2.45, 2.75) is 19.4 Å². The molecule has 6 heteroatoms. The van der Waals surface area contributed by atoms with E-state index in [0.29, 0.717) is 30.2 Å². The second-order valence-corrected chi connectivity index (χ2v) is 4.30. The third-order valence-electron chi connectivity index (χ3n) is 2.96. The Kier molecular flexibility index (Phi) is 6.11. The quantitative estimate of drug-likeness (QED) is 0.749. The molecule has 0 amide bonds. The Hall–Kier alpha value is -1.95. The highest BCUT2D eigenvalue weighted by molar-refractivity contribution is 5.72. The van der Waals surface area contributed by atoms with Crippen molar-refractivity contribution in [2.75, 3.05) is 27.9 Å². The lowest BCUT2D eigenvalue weighted by Gasteiger charge is -2.14. The molecule has 0 heterocycles. The van der Waals surface area contributed by atoms with E-state index in [2.05, 4.69) is 5.32 Å². The zero-order valence-corrected chi connectivity index (χ0v) is 12.2. The highest BCUT2D eigenvalue weighted by atomic mass is 16.5. The van der Waals surface area contributed by atoms with E-state index in [4.69, 9.17) is 19.3 Å². The van der Waals surface area contributed by atoms with Gasteiger partial charge in [-0.15, -0.1) is 0 Å². The third kappa shape index (κ3) is 4.03. The molecule has 0 aromatic heterocycles. The molecule has 0 bridgehead atoms. The number of hydrogen-bond acceptors (Lipinski definition) is 5. The highest BCUT2D eigenvalue weighted by Crippen LogP contribution is 2.38. The fraction of sp³-hybridized carbons (Fsp3) is 0.500. The van der Waals surface area contributed by atoms with Crippen molar-refractivity contribution in [3.05, 3.63) is 17.7 Å². The molecule has 0 aliphatic rings. The van der Waals surface area contributed by atoms with Crippen LogP contribution in [0.15, 0.2) is 12.1 Å². The number of hydrogen-bond donors (Lipinski definition) is 2. The monoisotopic (exact) mass is 283 g/mol. The number of carboxylic acids is 1. The van der Waals surface area contributed by atoms with E-state index in [1.807, 2.05) is 12.1 Å². The fourth-order valence-electron chi connectivity index (χ4n) is 1.80. The van der Waals surface area contributed by atoms with Crippen molar-refractivity contribution in [1.29, 1.82) is 0 Å². The molecular weight excluding hydrogens is 262 g/mol. The Morgan fingerprint density at radius 1 is 1.20 bits per heavy atom. The highest BCUT2D eigenvalue weighted by Gasteiger charge is 2.14. The van der Waals surface area contributed by atoms with E-state index in [1.165, 1.54) is 0 Å². The van der Waals surface area contributed by atoms with Crippen LogP contribution < -0.4 is 19.5 Å². The van der Waals surface area contributed by atoms with Crippen molar-refractivity contribution in [1.82, 2.24) is 5.32 Å². The Morgan fingerprint density at radius 3 is 2.15 bits per heavy atom. The van der Waals surface area contributed by atoms with Crippen LogP contribution in [0.5, 0.6) is 17.2 Å². The van der Waals surface area contributed by atoms with Crippen molar-refractivity contribution >= 4 is 5.97 Å². The lowest BCUT2D eigenvalue weighted by atomic mass is 10.1. The van der Waals surface area contributed by atoms with Crippen molar-refractivity contribution < 1.29 is 24.1 Å². The lowest BCUT2D eigenvalue weighted by Crippen LogP contribution is -2.34. The van der Waals surface area contributed by atoms with Gasteiger partial charge in [0.25, 0.3) is 0 Å². The smallest absolute Gasteiger partial charge is 0.320 e. The predicted molar refractivity (Wildman–Crippen MR) is 74.9 cm³/mol.